The summed E-state index contributed by atoms with van der Waals surface area (Å²) >= 11 is 0. The van der Waals surface area contributed by atoms with Crippen LogP contribution in [-0.4, -0.2) is 41.1 Å². The number of carbonyl (C=O) groups excluding carboxylic acids is 1. The van der Waals surface area contributed by atoms with E-state index in [1.165, 1.54) is 0 Å². The Labute approximate surface area is 170 Å². The summed E-state index contributed by atoms with van der Waals surface area (Å²) in [5.41, 5.74) is 2.70. The third-order valence-corrected chi connectivity index (χ3v) is 5.56. The van der Waals surface area contributed by atoms with Gasteiger partial charge < -0.3 is 14.2 Å². The second-order valence-corrected chi connectivity index (χ2v) is 7.24. The van der Waals surface area contributed by atoms with Gasteiger partial charge in [0.25, 0.3) is 11.8 Å². The van der Waals surface area contributed by atoms with Gasteiger partial charge in [0.05, 0.1) is 12.7 Å². The van der Waals surface area contributed by atoms with Crippen LogP contribution in [0.3, 0.4) is 0 Å². The zero-order valence-electron chi connectivity index (χ0n) is 16.8. The Morgan fingerprint density at radius 3 is 2.62 bits per heavy atom. The monoisotopic (exact) mass is 391 g/mol. The maximum Gasteiger partial charge on any atom is 0.261 e. The normalized spacial score (nSPS) is 14.8. The molecule has 0 bridgehead atoms. The van der Waals surface area contributed by atoms with E-state index in [9.17, 15) is 4.79 Å². The fourth-order valence-electron chi connectivity index (χ4n) is 3.88. The highest BCUT2D eigenvalue weighted by Gasteiger charge is 2.28. The number of amides is 1. The highest BCUT2D eigenvalue weighted by Crippen LogP contribution is 2.32. The molecule has 0 saturated carbocycles. The molecule has 0 unspecified atom stereocenters. The van der Waals surface area contributed by atoms with Crippen molar-refractivity contribution in [2.75, 3.05) is 20.2 Å². The summed E-state index contributed by atoms with van der Waals surface area (Å²) in [7, 11) is 1.62. The smallest absolute Gasteiger partial charge is 0.261 e. The molecule has 2 heterocycles. The van der Waals surface area contributed by atoms with Crippen LogP contribution in [0.1, 0.15) is 47.4 Å². The molecule has 0 radical (unpaired) electrons. The SMILES string of the molecule is CCc1ccccc1C(=O)N1CCC(c2noc(-c3ccccc3OC)n2)CC1. The summed E-state index contributed by atoms with van der Waals surface area (Å²) in [6.07, 6.45) is 2.50. The molecule has 1 saturated heterocycles. The van der Waals surface area contributed by atoms with Crippen molar-refractivity contribution in [2.24, 2.45) is 0 Å². The first-order chi connectivity index (χ1) is 14.2. The summed E-state index contributed by atoms with van der Waals surface area (Å²) < 4.78 is 10.9. The van der Waals surface area contributed by atoms with Gasteiger partial charge in [0.15, 0.2) is 5.82 Å². The van der Waals surface area contributed by atoms with Gasteiger partial charge in [0.2, 0.25) is 0 Å². The van der Waals surface area contributed by atoms with Crippen molar-refractivity contribution in [3.63, 3.8) is 0 Å². The highest BCUT2D eigenvalue weighted by atomic mass is 16.5. The molecule has 0 N–H and O–H groups in total. The molecule has 150 valence electrons. The van der Waals surface area contributed by atoms with Crippen LogP contribution in [0, 0.1) is 0 Å². The van der Waals surface area contributed by atoms with Gasteiger partial charge >= 0.3 is 0 Å². The summed E-state index contributed by atoms with van der Waals surface area (Å²) in [6.45, 7) is 3.47. The van der Waals surface area contributed by atoms with Crippen molar-refractivity contribution in [1.82, 2.24) is 15.0 Å². The molecular formula is C23H25N3O3. The number of methoxy groups -OCH3 is 1. The van der Waals surface area contributed by atoms with E-state index in [0.717, 1.165) is 36.0 Å². The summed E-state index contributed by atoms with van der Waals surface area (Å²) in [6, 6.07) is 15.5. The molecule has 0 spiro atoms. The molecule has 6 nitrogen and oxygen atoms in total. The topological polar surface area (TPSA) is 68.5 Å². The number of likely N-dealkylation sites (tertiary alicyclic amines) is 1. The molecule has 6 heteroatoms. The van der Waals surface area contributed by atoms with E-state index in [1.807, 2.05) is 53.4 Å². The van der Waals surface area contributed by atoms with E-state index >= 15 is 0 Å². The number of nitrogens with zero attached hydrogens (tertiary/aromatic N) is 3. The Balaban J connectivity index is 1.44. The van der Waals surface area contributed by atoms with Crippen LogP contribution in [0.15, 0.2) is 53.1 Å². The minimum absolute atomic E-state index is 0.115. The Morgan fingerprint density at radius 1 is 1.14 bits per heavy atom. The first-order valence-electron chi connectivity index (χ1n) is 10.1. The highest BCUT2D eigenvalue weighted by molar-refractivity contribution is 5.95. The van der Waals surface area contributed by atoms with Gasteiger partial charge in [-0.25, -0.2) is 0 Å². The summed E-state index contributed by atoms with van der Waals surface area (Å²) in [5.74, 6) is 2.17. The molecule has 29 heavy (non-hydrogen) atoms. The third kappa shape index (κ3) is 3.88. The lowest BCUT2D eigenvalue weighted by molar-refractivity contribution is 0.0709. The van der Waals surface area contributed by atoms with Crippen LogP contribution in [-0.2, 0) is 6.42 Å². The predicted molar refractivity (Wildman–Crippen MR) is 110 cm³/mol. The maximum absolute atomic E-state index is 12.9. The van der Waals surface area contributed by atoms with Crippen LogP contribution in [0.5, 0.6) is 5.75 Å². The molecule has 4 rings (SSSR count). The Hall–Kier alpha value is -3.15. The van der Waals surface area contributed by atoms with E-state index in [-0.39, 0.29) is 11.8 Å². The van der Waals surface area contributed by atoms with Crippen molar-refractivity contribution in [2.45, 2.75) is 32.1 Å². The lowest BCUT2D eigenvalue weighted by Gasteiger charge is -2.31. The summed E-state index contributed by atoms with van der Waals surface area (Å²) in [5, 5.41) is 4.20. The predicted octanol–water partition coefficient (Wildman–Crippen LogP) is 4.33. The van der Waals surface area contributed by atoms with Crippen molar-refractivity contribution >= 4 is 5.91 Å². The van der Waals surface area contributed by atoms with Crippen molar-refractivity contribution in [3.8, 4) is 17.2 Å². The van der Waals surface area contributed by atoms with Crippen molar-refractivity contribution < 1.29 is 14.1 Å². The number of rotatable bonds is 5. The van der Waals surface area contributed by atoms with Gasteiger partial charge in [0, 0.05) is 24.6 Å². The van der Waals surface area contributed by atoms with E-state index in [4.69, 9.17) is 9.26 Å². The van der Waals surface area contributed by atoms with Crippen molar-refractivity contribution in [1.29, 1.82) is 0 Å². The molecule has 1 fully saturated rings. The largest absolute Gasteiger partial charge is 0.496 e. The number of ether oxygens (including phenoxy) is 1. The number of carbonyl (C=O) groups is 1. The van der Waals surface area contributed by atoms with E-state index in [1.54, 1.807) is 7.11 Å². The Bertz CT molecular complexity index is 990. The molecule has 3 aromatic rings. The second-order valence-electron chi connectivity index (χ2n) is 7.24. The van der Waals surface area contributed by atoms with Gasteiger partial charge in [-0.1, -0.05) is 42.4 Å². The first kappa shape index (κ1) is 19.2. The van der Waals surface area contributed by atoms with E-state index in [0.29, 0.717) is 30.6 Å². The fraction of sp³-hybridized carbons (Fsp3) is 0.348. The Morgan fingerprint density at radius 2 is 1.86 bits per heavy atom. The van der Waals surface area contributed by atoms with E-state index in [2.05, 4.69) is 17.1 Å². The molecule has 1 aliphatic rings. The number of benzene rings is 2. The van der Waals surface area contributed by atoms with Crippen LogP contribution in [0.2, 0.25) is 0 Å². The number of para-hydroxylation sites is 1. The minimum Gasteiger partial charge on any atom is -0.496 e. The molecule has 2 aromatic carbocycles. The Kier molecular flexibility index (Phi) is 5.60. The molecule has 1 amide bonds. The average Bonchev–Trinajstić information content (AvgIpc) is 3.28. The van der Waals surface area contributed by atoms with Crippen LogP contribution >= 0.6 is 0 Å². The summed E-state index contributed by atoms with van der Waals surface area (Å²) in [4.78, 5) is 19.5. The van der Waals surface area contributed by atoms with Gasteiger partial charge in [-0.2, -0.15) is 4.98 Å². The van der Waals surface area contributed by atoms with Gasteiger partial charge in [0.1, 0.15) is 5.75 Å². The number of hydrogen-bond donors (Lipinski definition) is 0. The zero-order valence-corrected chi connectivity index (χ0v) is 16.8. The number of aromatic nitrogens is 2. The van der Waals surface area contributed by atoms with Crippen LogP contribution in [0.4, 0.5) is 0 Å². The minimum atomic E-state index is 0.115. The zero-order chi connectivity index (χ0) is 20.2. The average molecular weight is 391 g/mol. The lowest BCUT2D eigenvalue weighted by atomic mass is 9.95. The second kappa shape index (κ2) is 8.47. The maximum atomic E-state index is 12.9. The van der Waals surface area contributed by atoms with Gasteiger partial charge in [-0.15, -0.1) is 0 Å². The first-order valence-corrected chi connectivity index (χ1v) is 10.1. The molecule has 1 aromatic heterocycles. The quantitative estimate of drug-likeness (QED) is 0.648. The number of piperidine rings is 1. The lowest BCUT2D eigenvalue weighted by Crippen LogP contribution is -2.38. The van der Waals surface area contributed by atoms with Gasteiger partial charge in [-0.3, -0.25) is 4.79 Å². The van der Waals surface area contributed by atoms with Crippen LogP contribution < -0.4 is 4.74 Å². The molecule has 1 aliphatic heterocycles. The van der Waals surface area contributed by atoms with Gasteiger partial charge in [-0.05, 0) is 43.0 Å². The molecular weight excluding hydrogens is 366 g/mol. The standard InChI is InChI=1S/C23H25N3O3/c1-3-16-8-4-5-9-18(16)23(27)26-14-12-17(13-15-26)21-24-22(29-25-21)19-10-6-7-11-20(19)28-2/h4-11,17H,3,12-15H2,1-2H3. The van der Waals surface area contributed by atoms with E-state index < -0.39 is 0 Å². The molecule has 0 atom stereocenters. The number of aryl methyl sites for hydroxylation is 1. The van der Waals surface area contributed by atoms with Crippen LogP contribution in [0.25, 0.3) is 11.5 Å². The third-order valence-electron chi connectivity index (χ3n) is 5.56. The van der Waals surface area contributed by atoms with Crippen molar-refractivity contribution in [3.05, 3.63) is 65.5 Å². The number of hydrogen-bond acceptors (Lipinski definition) is 5. The fourth-order valence-corrected chi connectivity index (χ4v) is 3.88. The molecule has 0 aliphatic carbocycles.